The maximum absolute atomic E-state index is 13.7. The summed E-state index contributed by atoms with van der Waals surface area (Å²) in [6.07, 6.45) is 2.15. The lowest BCUT2D eigenvalue weighted by atomic mass is 9.94. The van der Waals surface area contributed by atoms with Crippen LogP contribution in [0.1, 0.15) is 42.1 Å². The highest BCUT2D eigenvalue weighted by molar-refractivity contribution is 6.33. The molecule has 3 saturated heterocycles. The summed E-state index contributed by atoms with van der Waals surface area (Å²) < 4.78 is 13.4. The smallest absolute Gasteiger partial charge is 0.255 e. The third kappa shape index (κ3) is 6.71. The molecule has 0 aliphatic carbocycles. The van der Waals surface area contributed by atoms with Crippen LogP contribution in [-0.2, 0) is 9.59 Å². The zero-order valence-corrected chi connectivity index (χ0v) is 25.1. The summed E-state index contributed by atoms with van der Waals surface area (Å²) in [6, 6.07) is 9.69. The molecule has 0 saturated carbocycles. The van der Waals surface area contributed by atoms with E-state index in [2.05, 4.69) is 4.90 Å². The van der Waals surface area contributed by atoms with Crippen molar-refractivity contribution in [1.29, 1.82) is 0 Å². The van der Waals surface area contributed by atoms with E-state index in [0.29, 0.717) is 68.0 Å². The zero-order chi connectivity index (χ0) is 29.3. The third-order valence-corrected chi connectivity index (χ3v) is 9.61. The molecule has 3 amide bonds. The summed E-state index contributed by atoms with van der Waals surface area (Å²) in [6.45, 7) is 9.32. The van der Waals surface area contributed by atoms with Gasteiger partial charge in [0.15, 0.2) is 0 Å². The van der Waals surface area contributed by atoms with Crippen LogP contribution in [0, 0.1) is 30.5 Å². The van der Waals surface area contributed by atoms with Crippen molar-refractivity contribution in [3.8, 4) is 0 Å². The molecule has 3 aliphatic heterocycles. The highest BCUT2D eigenvalue weighted by Gasteiger charge is 2.42. The van der Waals surface area contributed by atoms with Gasteiger partial charge in [-0.2, -0.15) is 0 Å². The maximum Gasteiger partial charge on any atom is 0.255 e. The average Bonchev–Trinajstić information content (AvgIpc) is 3.51. The molecular weight excluding hydrogens is 566 g/mol. The number of benzene rings is 2. The van der Waals surface area contributed by atoms with Gasteiger partial charge in [0, 0.05) is 69.4 Å². The van der Waals surface area contributed by atoms with Gasteiger partial charge in [-0.3, -0.25) is 14.4 Å². The van der Waals surface area contributed by atoms with Crippen LogP contribution in [0.2, 0.25) is 10.0 Å². The summed E-state index contributed by atoms with van der Waals surface area (Å²) >= 11 is 12.6. The van der Waals surface area contributed by atoms with Crippen LogP contribution in [-0.4, -0.2) is 84.8 Å². The van der Waals surface area contributed by atoms with Crippen LogP contribution < -0.4 is 4.90 Å². The number of halogens is 3. The monoisotopic (exact) mass is 602 g/mol. The molecule has 2 aromatic rings. The Labute approximate surface area is 251 Å². The number of anilines is 1. The first-order chi connectivity index (χ1) is 19.6. The Morgan fingerprint density at radius 3 is 2.22 bits per heavy atom. The molecule has 10 heteroatoms. The maximum atomic E-state index is 13.7. The Morgan fingerprint density at radius 2 is 1.61 bits per heavy atom. The number of hydrogen-bond acceptors (Lipinski definition) is 4. The fourth-order valence-electron chi connectivity index (χ4n) is 6.50. The van der Waals surface area contributed by atoms with E-state index in [1.165, 1.54) is 18.2 Å². The molecule has 7 nitrogen and oxygen atoms in total. The summed E-state index contributed by atoms with van der Waals surface area (Å²) in [5.74, 6) is 0.215. The molecule has 2 unspecified atom stereocenters. The molecule has 3 fully saturated rings. The van der Waals surface area contributed by atoms with Gasteiger partial charge in [0.1, 0.15) is 5.82 Å². The first-order valence-electron chi connectivity index (χ1n) is 14.4. The predicted molar refractivity (Wildman–Crippen MR) is 159 cm³/mol. The molecule has 0 spiro atoms. The van der Waals surface area contributed by atoms with Crippen LogP contribution in [0.3, 0.4) is 0 Å². The second-order valence-corrected chi connectivity index (χ2v) is 12.5. The van der Waals surface area contributed by atoms with Crippen molar-refractivity contribution in [3.05, 3.63) is 63.4 Å². The third-order valence-electron chi connectivity index (χ3n) is 8.89. The van der Waals surface area contributed by atoms with Crippen LogP contribution in [0.15, 0.2) is 36.4 Å². The first kappa shape index (κ1) is 29.8. The average molecular weight is 604 g/mol. The molecule has 3 heterocycles. The van der Waals surface area contributed by atoms with E-state index in [9.17, 15) is 18.8 Å². The fraction of sp³-hybridized carbons (Fsp3) is 0.516. The van der Waals surface area contributed by atoms with Gasteiger partial charge in [-0.05, 0) is 80.5 Å². The second kappa shape index (κ2) is 12.7. The van der Waals surface area contributed by atoms with E-state index in [0.717, 1.165) is 37.3 Å². The molecule has 0 N–H and O–H groups in total. The lowest BCUT2D eigenvalue weighted by Crippen LogP contribution is -2.44. The van der Waals surface area contributed by atoms with Gasteiger partial charge < -0.3 is 19.6 Å². The molecule has 220 valence electrons. The van der Waals surface area contributed by atoms with Crippen molar-refractivity contribution in [3.63, 3.8) is 0 Å². The fourth-order valence-corrected chi connectivity index (χ4v) is 6.93. The number of likely N-dealkylation sites (tertiary alicyclic amines) is 3. The van der Waals surface area contributed by atoms with E-state index in [4.69, 9.17) is 23.2 Å². The minimum Gasteiger partial charge on any atom is -0.343 e. The second-order valence-electron chi connectivity index (χ2n) is 11.7. The summed E-state index contributed by atoms with van der Waals surface area (Å²) in [5, 5.41) is 0.784. The largest absolute Gasteiger partial charge is 0.343 e. The standard InChI is InChI=1S/C31H37Cl2FN4O3/c1-20-4-6-26(15-28(20)32)38(30(40)22-8-12-36(13-9-22)21(2)39)11-3-10-35-16-23-18-37(19-24(23)17-35)31(41)27-7-5-25(34)14-29(27)33/h4-7,14-15,22-24H,3,8-13,16-19H2,1-2H3. The van der Waals surface area contributed by atoms with Gasteiger partial charge in [0.05, 0.1) is 10.6 Å². The normalized spacial score (nSPS) is 21.3. The van der Waals surface area contributed by atoms with Gasteiger partial charge in [-0.25, -0.2) is 4.39 Å². The number of piperidine rings is 1. The number of carbonyl (C=O) groups is 3. The summed E-state index contributed by atoms with van der Waals surface area (Å²) in [4.78, 5) is 46.4. The Balaban J connectivity index is 1.16. The van der Waals surface area contributed by atoms with Crippen molar-refractivity contribution >= 4 is 46.6 Å². The Kier molecular flexibility index (Phi) is 9.21. The van der Waals surface area contributed by atoms with Gasteiger partial charge >= 0.3 is 0 Å². The topological polar surface area (TPSA) is 64.2 Å². The van der Waals surface area contributed by atoms with Crippen molar-refractivity contribution in [1.82, 2.24) is 14.7 Å². The van der Waals surface area contributed by atoms with Crippen molar-refractivity contribution in [2.45, 2.75) is 33.1 Å². The molecule has 2 aromatic carbocycles. The zero-order valence-electron chi connectivity index (χ0n) is 23.6. The number of amides is 3. The molecule has 0 aromatic heterocycles. The van der Waals surface area contributed by atoms with Gasteiger partial charge in [-0.15, -0.1) is 0 Å². The van der Waals surface area contributed by atoms with Crippen molar-refractivity contribution in [2.24, 2.45) is 17.8 Å². The quantitative estimate of drug-likeness (QED) is 0.441. The number of nitrogens with zero attached hydrogens (tertiary/aromatic N) is 4. The number of carbonyl (C=O) groups excluding carboxylic acids is 3. The van der Waals surface area contributed by atoms with Gasteiger partial charge in [0.25, 0.3) is 5.91 Å². The number of rotatable bonds is 7. The first-order valence-corrected chi connectivity index (χ1v) is 15.2. The Bertz CT molecular complexity index is 1300. The van der Waals surface area contributed by atoms with Crippen LogP contribution >= 0.6 is 23.2 Å². The molecule has 0 radical (unpaired) electrons. The Morgan fingerprint density at radius 1 is 0.927 bits per heavy atom. The number of hydrogen-bond donors (Lipinski definition) is 0. The molecular formula is C31H37Cl2FN4O3. The van der Waals surface area contributed by atoms with E-state index in [1.807, 2.05) is 39.8 Å². The van der Waals surface area contributed by atoms with Crippen LogP contribution in [0.5, 0.6) is 0 Å². The van der Waals surface area contributed by atoms with E-state index < -0.39 is 5.82 Å². The van der Waals surface area contributed by atoms with Crippen molar-refractivity contribution in [2.75, 3.05) is 57.3 Å². The summed E-state index contributed by atoms with van der Waals surface area (Å²) in [5.41, 5.74) is 2.12. The molecule has 2 atom stereocenters. The minimum absolute atomic E-state index is 0.0557. The van der Waals surface area contributed by atoms with Crippen LogP contribution in [0.4, 0.5) is 10.1 Å². The predicted octanol–water partition coefficient (Wildman–Crippen LogP) is 5.13. The lowest BCUT2D eigenvalue weighted by molar-refractivity contribution is -0.133. The SMILES string of the molecule is CC(=O)N1CCC(C(=O)N(CCCN2CC3CN(C(=O)c4ccc(F)cc4Cl)CC3C2)c2ccc(C)c(Cl)c2)CC1. The van der Waals surface area contributed by atoms with Gasteiger partial charge in [-0.1, -0.05) is 29.3 Å². The number of aryl methyl sites for hydroxylation is 1. The summed E-state index contributed by atoms with van der Waals surface area (Å²) in [7, 11) is 0. The van der Waals surface area contributed by atoms with Crippen LogP contribution in [0.25, 0.3) is 0 Å². The molecule has 3 aliphatic rings. The Hall–Kier alpha value is -2.68. The molecule has 5 rings (SSSR count). The molecule has 41 heavy (non-hydrogen) atoms. The van der Waals surface area contributed by atoms with Gasteiger partial charge in [0.2, 0.25) is 11.8 Å². The highest BCUT2D eigenvalue weighted by atomic mass is 35.5. The van der Waals surface area contributed by atoms with E-state index >= 15 is 0 Å². The minimum atomic E-state index is -0.454. The van der Waals surface area contributed by atoms with E-state index in [1.54, 1.807) is 6.92 Å². The van der Waals surface area contributed by atoms with E-state index in [-0.39, 0.29) is 28.7 Å². The van der Waals surface area contributed by atoms with Crippen molar-refractivity contribution < 1.29 is 18.8 Å². The lowest BCUT2D eigenvalue weighted by Gasteiger charge is -2.34. The highest BCUT2D eigenvalue weighted by Crippen LogP contribution is 2.33. The molecule has 0 bridgehead atoms. The number of fused-ring (bicyclic) bond motifs is 1.